The van der Waals surface area contributed by atoms with Crippen molar-refractivity contribution in [3.63, 3.8) is 0 Å². The van der Waals surface area contributed by atoms with Gasteiger partial charge in [-0.05, 0) is 30.2 Å². The maximum Gasteiger partial charge on any atom is 0.329 e. The number of hydrazone groups is 1. The number of fused-ring (bicyclic) bond motifs is 1. The summed E-state index contributed by atoms with van der Waals surface area (Å²) in [5.74, 6) is 1.02. The number of hydrogen-bond donors (Lipinski definition) is 2. The van der Waals surface area contributed by atoms with Gasteiger partial charge in [0.2, 0.25) is 5.95 Å². The summed E-state index contributed by atoms with van der Waals surface area (Å²) in [6, 6.07) is 15.5. The first-order valence-corrected chi connectivity index (χ1v) is 10.6. The number of anilines is 1. The minimum absolute atomic E-state index is 0.282. The van der Waals surface area contributed by atoms with Crippen molar-refractivity contribution < 1.29 is 4.74 Å². The normalized spacial score (nSPS) is 11.3. The molecule has 2 N–H and O–H groups in total. The zero-order valence-corrected chi connectivity index (χ0v) is 19.1. The molecule has 0 amide bonds. The Morgan fingerprint density at radius 2 is 2.00 bits per heavy atom. The van der Waals surface area contributed by atoms with Gasteiger partial charge >= 0.3 is 5.69 Å². The van der Waals surface area contributed by atoms with Crippen LogP contribution in [-0.2, 0) is 20.0 Å². The van der Waals surface area contributed by atoms with Crippen molar-refractivity contribution in [1.29, 1.82) is 0 Å². The Morgan fingerprint density at radius 3 is 2.75 bits per heavy atom. The van der Waals surface area contributed by atoms with E-state index in [1.165, 1.54) is 4.57 Å². The fourth-order valence-electron chi connectivity index (χ4n) is 3.39. The fraction of sp³-hybridized carbons (Fsp3) is 0.182. The molecule has 0 bridgehead atoms. The van der Waals surface area contributed by atoms with Crippen molar-refractivity contribution >= 4 is 39.3 Å². The third-order valence-electron chi connectivity index (χ3n) is 5.03. The van der Waals surface area contributed by atoms with Crippen LogP contribution in [-0.4, -0.2) is 32.4 Å². The first-order valence-electron chi connectivity index (χ1n) is 9.84. The van der Waals surface area contributed by atoms with Gasteiger partial charge in [-0.2, -0.15) is 10.1 Å². The zero-order valence-electron chi connectivity index (χ0n) is 17.5. The monoisotopic (exact) mass is 496 g/mol. The molecule has 2 heterocycles. The number of ether oxygens (including phenoxy) is 1. The van der Waals surface area contributed by atoms with Gasteiger partial charge in [0, 0.05) is 23.6 Å². The van der Waals surface area contributed by atoms with Crippen LogP contribution in [0.4, 0.5) is 5.95 Å². The number of methoxy groups -OCH3 is 1. The Balaban J connectivity index is 1.72. The molecule has 9 nitrogen and oxygen atoms in total. The van der Waals surface area contributed by atoms with Crippen LogP contribution < -0.4 is 21.4 Å². The summed E-state index contributed by atoms with van der Waals surface area (Å²) < 4.78 is 9.29. The Morgan fingerprint density at radius 1 is 1.22 bits per heavy atom. The Labute approximate surface area is 191 Å². The average molecular weight is 497 g/mol. The van der Waals surface area contributed by atoms with Crippen LogP contribution in [0.3, 0.4) is 0 Å². The first kappa shape index (κ1) is 21.6. The lowest BCUT2D eigenvalue weighted by atomic mass is 10.1. The quantitative estimate of drug-likeness (QED) is 0.302. The molecule has 0 aliphatic carbocycles. The second-order valence-corrected chi connectivity index (χ2v) is 7.99. The van der Waals surface area contributed by atoms with Gasteiger partial charge in [-0.15, -0.1) is 0 Å². The van der Waals surface area contributed by atoms with Crippen molar-refractivity contribution in [1.82, 2.24) is 19.1 Å². The van der Waals surface area contributed by atoms with Crippen LogP contribution in [0, 0.1) is 0 Å². The molecule has 32 heavy (non-hydrogen) atoms. The highest BCUT2D eigenvalue weighted by molar-refractivity contribution is 9.10. The summed E-state index contributed by atoms with van der Waals surface area (Å²) in [6.07, 6.45) is 2.28. The van der Waals surface area contributed by atoms with Crippen LogP contribution >= 0.6 is 15.9 Å². The molecule has 2 aromatic carbocycles. The van der Waals surface area contributed by atoms with E-state index in [4.69, 9.17) is 4.74 Å². The molecule has 2 aromatic heterocycles. The minimum atomic E-state index is -0.524. The first-order chi connectivity index (χ1) is 15.5. The number of aromatic nitrogens is 4. The molecular formula is C22H21BrN6O3. The van der Waals surface area contributed by atoms with Crippen LogP contribution in [0.1, 0.15) is 11.1 Å². The van der Waals surface area contributed by atoms with Gasteiger partial charge < -0.3 is 9.30 Å². The molecule has 10 heteroatoms. The number of aromatic amines is 1. The molecular weight excluding hydrogens is 476 g/mol. The molecule has 4 rings (SSSR count). The van der Waals surface area contributed by atoms with E-state index in [9.17, 15) is 9.59 Å². The van der Waals surface area contributed by atoms with Crippen LogP contribution in [0.15, 0.2) is 67.7 Å². The van der Waals surface area contributed by atoms with E-state index in [0.717, 1.165) is 15.6 Å². The highest BCUT2D eigenvalue weighted by Gasteiger charge is 2.17. The topological polar surface area (TPSA) is 106 Å². The number of nitrogens with one attached hydrogen (secondary N) is 2. The third kappa shape index (κ3) is 4.35. The average Bonchev–Trinajstić information content (AvgIpc) is 3.16. The molecule has 0 saturated carbocycles. The molecule has 0 atom stereocenters. The zero-order chi connectivity index (χ0) is 22.7. The van der Waals surface area contributed by atoms with Gasteiger partial charge in [-0.25, -0.2) is 10.2 Å². The summed E-state index contributed by atoms with van der Waals surface area (Å²) in [4.78, 5) is 31.5. The molecule has 0 saturated heterocycles. The SMILES string of the molecule is COc1ccc(Br)cc1/C=N\Nc1nc2c(c(=O)[nH]c(=O)n2C)n1CCc1ccccc1. The standard InChI is InChI=1S/C22H21BrN6O3/c1-28-19-18(20(30)26-22(28)31)29(11-10-14-6-4-3-5-7-14)21(25-19)27-24-13-15-12-16(23)8-9-17(15)32-2/h3-9,12-13H,10-11H2,1-2H3,(H,25,27)(H,26,30,31)/b24-13-. The van der Waals surface area contributed by atoms with Crippen LogP contribution in [0.25, 0.3) is 11.2 Å². The van der Waals surface area contributed by atoms with Gasteiger partial charge in [-0.1, -0.05) is 46.3 Å². The lowest BCUT2D eigenvalue weighted by Gasteiger charge is -2.08. The number of benzene rings is 2. The Hall–Kier alpha value is -3.66. The van der Waals surface area contributed by atoms with Gasteiger partial charge in [0.05, 0.1) is 13.3 Å². The minimum Gasteiger partial charge on any atom is -0.496 e. The van der Waals surface area contributed by atoms with E-state index in [1.807, 2.05) is 48.5 Å². The maximum absolute atomic E-state index is 12.6. The van der Waals surface area contributed by atoms with E-state index >= 15 is 0 Å². The number of rotatable bonds is 7. The van der Waals surface area contributed by atoms with Gasteiger partial charge in [0.15, 0.2) is 11.2 Å². The number of H-pyrrole nitrogens is 1. The fourth-order valence-corrected chi connectivity index (χ4v) is 3.77. The third-order valence-corrected chi connectivity index (χ3v) is 5.53. The molecule has 0 spiro atoms. The largest absolute Gasteiger partial charge is 0.496 e. The molecule has 0 radical (unpaired) electrons. The lowest BCUT2D eigenvalue weighted by molar-refractivity contribution is 0.414. The molecule has 0 fully saturated rings. The van der Waals surface area contributed by atoms with Crippen LogP contribution in [0.5, 0.6) is 5.75 Å². The summed E-state index contributed by atoms with van der Waals surface area (Å²) in [6.45, 7) is 0.472. The van der Waals surface area contributed by atoms with Crippen molar-refractivity contribution in [3.05, 3.63) is 85.0 Å². The molecule has 0 aliphatic heterocycles. The number of aryl methyl sites for hydroxylation is 3. The predicted octanol–water partition coefficient (Wildman–Crippen LogP) is 2.88. The second kappa shape index (κ2) is 9.23. The van der Waals surface area contributed by atoms with Crippen molar-refractivity contribution in [2.24, 2.45) is 12.1 Å². The highest BCUT2D eigenvalue weighted by atomic mass is 79.9. The smallest absolute Gasteiger partial charge is 0.329 e. The summed E-state index contributed by atoms with van der Waals surface area (Å²) in [7, 11) is 3.15. The van der Waals surface area contributed by atoms with Gasteiger partial charge in [0.25, 0.3) is 5.56 Å². The maximum atomic E-state index is 12.6. The van der Waals surface area contributed by atoms with E-state index in [0.29, 0.717) is 30.2 Å². The summed E-state index contributed by atoms with van der Waals surface area (Å²) in [5.41, 5.74) is 4.36. The van der Waals surface area contributed by atoms with E-state index < -0.39 is 11.2 Å². The molecule has 0 unspecified atom stereocenters. The number of nitrogens with zero attached hydrogens (tertiary/aromatic N) is 4. The molecule has 4 aromatic rings. The van der Waals surface area contributed by atoms with Crippen molar-refractivity contribution in [2.75, 3.05) is 12.5 Å². The number of imidazole rings is 1. The second-order valence-electron chi connectivity index (χ2n) is 7.07. The Kier molecular flexibility index (Phi) is 6.22. The predicted molar refractivity (Wildman–Crippen MR) is 128 cm³/mol. The summed E-state index contributed by atoms with van der Waals surface area (Å²) in [5, 5.41) is 4.30. The van der Waals surface area contributed by atoms with Crippen molar-refractivity contribution in [2.45, 2.75) is 13.0 Å². The lowest BCUT2D eigenvalue weighted by Crippen LogP contribution is -2.29. The number of halogens is 1. The van der Waals surface area contributed by atoms with E-state index in [1.54, 1.807) is 24.9 Å². The number of hydrogen-bond acceptors (Lipinski definition) is 6. The molecule has 164 valence electrons. The van der Waals surface area contributed by atoms with Gasteiger partial charge in [0.1, 0.15) is 5.75 Å². The van der Waals surface area contributed by atoms with Crippen molar-refractivity contribution in [3.8, 4) is 5.75 Å². The Bertz CT molecular complexity index is 1410. The summed E-state index contributed by atoms with van der Waals surface area (Å²) >= 11 is 3.44. The molecule has 0 aliphatic rings. The highest BCUT2D eigenvalue weighted by Crippen LogP contribution is 2.22. The van der Waals surface area contributed by atoms with E-state index in [-0.39, 0.29) is 5.65 Å². The van der Waals surface area contributed by atoms with Gasteiger partial charge in [-0.3, -0.25) is 14.3 Å². The van der Waals surface area contributed by atoms with E-state index in [2.05, 4.69) is 36.4 Å². The van der Waals surface area contributed by atoms with Crippen LogP contribution in [0.2, 0.25) is 0 Å².